The Hall–Kier alpha value is -1.98. The van der Waals surface area contributed by atoms with E-state index in [0.717, 1.165) is 29.0 Å². The quantitative estimate of drug-likeness (QED) is 0.404. The maximum atomic E-state index is 4.79. The Bertz CT molecular complexity index is 995. The number of rotatable bonds is 8. The van der Waals surface area contributed by atoms with Crippen LogP contribution >= 0.6 is 23.3 Å². The monoisotopic (exact) mass is 395 g/mol. The molecule has 27 heavy (non-hydrogen) atoms. The van der Waals surface area contributed by atoms with E-state index in [9.17, 15) is 0 Å². The predicted molar refractivity (Wildman–Crippen MR) is 120 cm³/mol. The van der Waals surface area contributed by atoms with Crippen LogP contribution in [0.4, 0.5) is 5.00 Å². The van der Waals surface area contributed by atoms with Gasteiger partial charge in [-0.15, -0.1) is 11.3 Å². The molecule has 1 saturated carbocycles. The topological polar surface area (TPSA) is 21.1 Å². The summed E-state index contributed by atoms with van der Waals surface area (Å²) >= 11 is 3.61. The first-order chi connectivity index (χ1) is 13.1. The molecule has 4 rings (SSSR count). The second-order valence-corrected chi connectivity index (χ2v) is 9.11. The Morgan fingerprint density at radius 2 is 2.07 bits per heavy atom. The van der Waals surface area contributed by atoms with E-state index < -0.39 is 0 Å². The number of hydrogen-bond acceptors (Lipinski definition) is 4. The molecule has 3 nitrogen and oxygen atoms in total. The van der Waals surface area contributed by atoms with E-state index in [2.05, 4.69) is 60.3 Å². The summed E-state index contributed by atoms with van der Waals surface area (Å²) in [4.78, 5) is 4.79. The summed E-state index contributed by atoms with van der Waals surface area (Å²) in [6.45, 7) is 11.1. The predicted octanol–water partition coefficient (Wildman–Crippen LogP) is 6.54. The van der Waals surface area contributed by atoms with Crippen molar-refractivity contribution in [2.75, 3.05) is 10.8 Å². The minimum atomic E-state index is 0.894. The minimum Gasteiger partial charge on any atom is -0.321 e. The van der Waals surface area contributed by atoms with E-state index in [1.807, 2.05) is 17.4 Å². The van der Waals surface area contributed by atoms with E-state index in [-0.39, 0.29) is 0 Å². The molecule has 0 spiro atoms. The molecule has 0 atom stereocenters. The molecule has 2 heterocycles. The number of thiophene rings is 1. The third-order valence-electron chi connectivity index (χ3n) is 5.19. The summed E-state index contributed by atoms with van der Waals surface area (Å²) in [6, 6.07) is 8.68. The van der Waals surface area contributed by atoms with Gasteiger partial charge >= 0.3 is 0 Å². The summed E-state index contributed by atoms with van der Waals surface area (Å²) in [5.41, 5.74) is 3.27. The molecular weight excluding hydrogens is 370 g/mol. The highest BCUT2D eigenvalue weighted by Gasteiger charge is 2.25. The number of anilines is 1. The molecular formula is C22H25N3S2. The maximum Gasteiger partial charge on any atom is 0.189 e. The van der Waals surface area contributed by atoms with Gasteiger partial charge in [-0.05, 0) is 48.4 Å². The number of benzene rings is 1. The molecule has 1 aliphatic carbocycles. The van der Waals surface area contributed by atoms with Crippen molar-refractivity contribution in [3.05, 3.63) is 54.4 Å². The lowest BCUT2D eigenvalue weighted by atomic mass is 10.2. The van der Waals surface area contributed by atoms with Gasteiger partial charge in [-0.3, -0.25) is 0 Å². The summed E-state index contributed by atoms with van der Waals surface area (Å²) in [5, 5.41) is 3.67. The zero-order chi connectivity index (χ0) is 19.0. The first-order valence-electron chi connectivity index (χ1n) is 9.37. The van der Waals surface area contributed by atoms with Crippen molar-refractivity contribution in [2.45, 2.75) is 31.3 Å². The van der Waals surface area contributed by atoms with Crippen molar-refractivity contribution in [1.82, 2.24) is 9.55 Å². The van der Waals surface area contributed by atoms with Gasteiger partial charge in [0.1, 0.15) is 5.00 Å². The SMILES string of the molecule is C=Cc1nc(SN(CCC2CC2)c2sc3ccccc3c2C)n(C)c1C=C. The van der Waals surface area contributed by atoms with Gasteiger partial charge < -0.3 is 8.87 Å². The molecule has 1 aliphatic rings. The lowest BCUT2D eigenvalue weighted by Crippen LogP contribution is -2.17. The smallest absolute Gasteiger partial charge is 0.189 e. The molecule has 1 fully saturated rings. The Labute approximate surface area is 169 Å². The first kappa shape index (κ1) is 18.4. The van der Waals surface area contributed by atoms with Crippen LogP contribution in [0.2, 0.25) is 0 Å². The van der Waals surface area contributed by atoms with E-state index in [1.165, 1.54) is 39.9 Å². The van der Waals surface area contributed by atoms with Crippen LogP contribution in [0.1, 0.15) is 36.2 Å². The van der Waals surface area contributed by atoms with Gasteiger partial charge in [0.2, 0.25) is 0 Å². The second-order valence-electron chi connectivity index (χ2n) is 7.09. The number of hydrogen-bond donors (Lipinski definition) is 0. The molecule has 2 aromatic heterocycles. The molecule has 0 amide bonds. The third kappa shape index (κ3) is 3.58. The van der Waals surface area contributed by atoms with E-state index >= 15 is 0 Å². The summed E-state index contributed by atoms with van der Waals surface area (Å²) in [5.74, 6) is 0.900. The van der Waals surface area contributed by atoms with Gasteiger partial charge in [-0.1, -0.05) is 44.2 Å². The zero-order valence-electron chi connectivity index (χ0n) is 15.9. The van der Waals surface area contributed by atoms with Crippen molar-refractivity contribution in [2.24, 2.45) is 13.0 Å². The molecule has 0 unspecified atom stereocenters. The number of nitrogens with zero attached hydrogens (tertiary/aromatic N) is 3. The summed E-state index contributed by atoms with van der Waals surface area (Å²) < 4.78 is 5.91. The van der Waals surface area contributed by atoms with Crippen molar-refractivity contribution < 1.29 is 0 Å². The van der Waals surface area contributed by atoms with Crippen molar-refractivity contribution >= 4 is 50.5 Å². The molecule has 0 saturated heterocycles. The highest BCUT2D eigenvalue weighted by Crippen LogP contribution is 2.43. The van der Waals surface area contributed by atoms with Crippen LogP contribution in [0.5, 0.6) is 0 Å². The van der Waals surface area contributed by atoms with Gasteiger partial charge in [0.25, 0.3) is 0 Å². The fraction of sp³-hybridized carbons (Fsp3) is 0.318. The standard InChI is InChI=1S/C22H25N3S2/c1-5-18-19(6-2)24(4)22(23-18)27-25(14-13-16-11-12-16)21-15(3)17-9-7-8-10-20(17)26-21/h5-10,16H,1-2,11-14H2,3-4H3. The highest BCUT2D eigenvalue weighted by atomic mass is 32.2. The van der Waals surface area contributed by atoms with Crippen LogP contribution in [0.25, 0.3) is 22.2 Å². The molecule has 140 valence electrons. The third-order valence-corrected chi connectivity index (χ3v) is 7.71. The Kier molecular flexibility index (Phi) is 5.15. The molecule has 1 aromatic carbocycles. The Balaban J connectivity index is 1.70. The lowest BCUT2D eigenvalue weighted by molar-refractivity contribution is 0.736. The van der Waals surface area contributed by atoms with Crippen molar-refractivity contribution in [3.8, 4) is 0 Å². The highest BCUT2D eigenvalue weighted by molar-refractivity contribution is 8.00. The Morgan fingerprint density at radius 3 is 2.70 bits per heavy atom. The lowest BCUT2D eigenvalue weighted by Gasteiger charge is -2.22. The Morgan fingerprint density at radius 1 is 1.30 bits per heavy atom. The molecule has 3 aromatic rings. The van der Waals surface area contributed by atoms with Gasteiger partial charge in [-0.2, -0.15) is 0 Å². The van der Waals surface area contributed by atoms with Gasteiger partial charge in [0, 0.05) is 30.2 Å². The van der Waals surface area contributed by atoms with E-state index in [0.29, 0.717) is 0 Å². The molecule has 5 heteroatoms. The number of fused-ring (bicyclic) bond motifs is 1. The average Bonchev–Trinajstić information content (AvgIpc) is 3.39. The molecule has 0 aliphatic heterocycles. The average molecular weight is 396 g/mol. The first-order valence-corrected chi connectivity index (χ1v) is 11.0. The van der Waals surface area contributed by atoms with Crippen molar-refractivity contribution in [3.63, 3.8) is 0 Å². The zero-order valence-corrected chi connectivity index (χ0v) is 17.6. The second kappa shape index (κ2) is 7.56. The van der Waals surface area contributed by atoms with Gasteiger partial charge in [0.15, 0.2) is 5.16 Å². The van der Waals surface area contributed by atoms with Crippen LogP contribution in [-0.4, -0.2) is 16.1 Å². The van der Waals surface area contributed by atoms with Crippen LogP contribution in [0.3, 0.4) is 0 Å². The van der Waals surface area contributed by atoms with Gasteiger partial charge in [0.05, 0.1) is 11.4 Å². The van der Waals surface area contributed by atoms with Crippen LogP contribution in [-0.2, 0) is 7.05 Å². The largest absolute Gasteiger partial charge is 0.321 e. The summed E-state index contributed by atoms with van der Waals surface area (Å²) in [7, 11) is 2.05. The molecule has 0 N–H and O–H groups in total. The number of aryl methyl sites for hydroxylation is 1. The maximum absolute atomic E-state index is 4.79. The van der Waals surface area contributed by atoms with E-state index in [1.54, 1.807) is 18.0 Å². The number of aromatic nitrogens is 2. The molecule has 0 radical (unpaired) electrons. The fourth-order valence-corrected chi connectivity index (χ4v) is 5.72. The van der Waals surface area contributed by atoms with Gasteiger partial charge in [-0.25, -0.2) is 4.98 Å². The van der Waals surface area contributed by atoms with Crippen LogP contribution in [0, 0.1) is 12.8 Å². The van der Waals surface area contributed by atoms with Crippen LogP contribution in [0.15, 0.2) is 42.6 Å². The van der Waals surface area contributed by atoms with Crippen molar-refractivity contribution in [1.29, 1.82) is 0 Å². The summed E-state index contributed by atoms with van der Waals surface area (Å²) in [6.07, 6.45) is 7.67. The van der Waals surface area contributed by atoms with Crippen LogP contribution < -0.4 is 4.31 Å². The number of imidazole rings is 1. The fourth-order valence-electron chi connectivity index (χ4n) is 3.38. The minimum absolute atomic E-state index is 0.894. The normalized spacial score (nSPS) is 13.9. The van der Waals surface area contributed by atoms with E-state index in [4.69, 9.17) is 4.98 Å². The molecule has 0 bridgehead atoms.